The highest BCUT2D eigenvalue weighted by atomic mass is 79.9. The number of anilines is 1. The molecule has 2 aromatic carbocycles. The van der Waals surface area contributed by atoms with E-state index in [0.29, 0.717) is 6.42 Å². The monoisotopic (exact) mass is 372 g/mol. The Morgan fingerprint density at radius 2 is 2.00 bits per heavy atom. The number of amides is 2. The first-order valence-electron chi connectivity index (χ1n) is 7.62. The van der Waals surface area contributed by atoms with Crippen molar-refractivity contribution < 1.29 is 9.53 Å². The summed E-state index contributed by atoms with van der Waals surface area (Å²) < 4.78 is 7.24. The summed E-state index contributed by atoms with van der Waals surface area (Å²) in [6.07, 6.45) is 0.704. The Morgan fingerprint density at radius 3 is 2.74 bits per heavy atom. The van der Waals surface area contributed by atoms with Crippen molar-refractivity contribution in [3.8, 4) is 5.75 Å². The summed E-state index contributed by atoms with van der Waals surface area (Å²) in [5.74, 6) is 0.823. The summed E-state index contributed by atoms with van der Waals surface area (Å²) in [5.41, 5.74) is 2.33. The Labute approximate surface area is 143 Å². The minimum Gasteiger partial charge on any atom is -0.467 e. The molecule has 2 aromatic rings. The van der Waals surface area contributed by atoms with Crippen LogP contribution in [0, 0.1) is 6.92 Å². The van der Waals surface area contributed by atoms with E-state index in [-0.39, 0.29) is 12.1 Å². The molecule has 0 saturated carbocycles. The molecule has 1 fully saturated rings. The molecule has 1 N–H and O–H groups in total. The van der Waals surface area contributed by atoms with Crippen molar-refractivity contribution in [1.82, 2.24) is 5.32 Å². The predicted octanol–water partition coefficient (Wildman–Crippen LogP) is 4.53. The quantitative estimate of drug-likeness (QED) is 0.798. The predicted molar refractivity (Wildman–Crippen MR) is 92.7 cm³/mol. The van der Waals surface area contributed by atoms with Crippen LogP contribution in [0.2, 0.25) is 0 Å². The van der Waals surface area contributed by atoms with Gasteiger partial charge in [0.25, 0.3) is 0 Å². The van der Waals surface area contributed by atoms with Gasteiger partial charge in [-0.25, -0.2) is 4.79 Å². The highest BCUT2D eigenvalue weighted by Crippen LogP contribution is 2.46. The van der Waals surface area contributed by atoms with Crippen LogP contribution in [0.1, 0.15) is 30.5 Å². The summed E-state index contributed by atoms with van der Waals surface area (Å²) in [4.78, 5) is 14.4. The zero-order valence-corrected chi connectivity index (χ0v) is 14.6. The third-order valence-corrected chi connectivity index (χ3v) is 5.02. The summed E-state index contributed by atoms with van der Waals surface area (Å²) in [6.45, 7) is 4.01. The molecule has 0 aliphatic carbocycles. The largest absolute Gasteiger partial charge is 0.467 e. The normalized spacial score (nSPS) is 25.4. The van der Waals surface area contributed by atoms with Crippen LogP contribution in [0.15, 0.2) is 46.9 Å². The first-order valence-corrected chi connectivity index (χ1v) is 8.41. The van der Waals surface area contributed by atoms with Gasteiger partial charge in [-0.3, -0.25) is 4.90 Å². The van der Waals surface area contributed by atoms with Crippen molar-refractivity contribution in [2.75, 3.05) is 4.90 Å². The lowest BCUT2D eigenvalue weighted by atomic mass is 9.90. The number of fused-ring (bicyclic) bond motifs is 4. The average Bonchev–Trinajstić information content (AvgIpc) is 2.49. The maximum atomic E-state index is 12.7. The number of hydrogen-bond acceptors (Lipinski definition) is 2. The fourth-order valence-electron chi connectivity index (χ4n) is 3.43. The van der Waals surface area contributed by atoms with Crippen LogP contribution in [-0.4, -0.2) is 11.8 Å². The van der Waals surface area contributed by atoms with Gasteiger partial charge in [-0.1, -0.05) is 33.6 Å². The van der Waals surface area contributed by atoms with Crippen LogP contribution in [0.25, 0.3) is 0 Å². The molecule has 23 heavy (non-hydrogen) atoms. The molecule has 2 amide bonds. The highest BCUT2D eigenvalue weighted by molar-refractivity contribution is 9.10. The molecule has 0 unspecified atom stereocenters. The lowest BCUT2D eigenvalue weighted by molar-refractivity contribution is 0.0378. The van der Waals surface area contributed by atoms with Crippen molar-refractivity contribution in [3.05, 3.63) is 58.1 Å². The summed E-state index contributed by atoms with van der Waals surface area (Å²) in [7, 11) is 0. The van der Waals surface area contributed by atoms with Crippen molar-refractivity contribution in [2.45, 2.75) is 32.0 Å². The molecule has 4 nitrogen and oxygen atoms in total. The molecule has 0 aromatic heterocycles. The smallest absolute Gasteiger partial charge is 0.325 e. The lowest BCUT2D eigenvalue weighted by Crippen LogP contribution is -2.65. The van der Waals surface area contributed by atoms with Gasteiger partial charge in [0.2, 0.25) is 0 Å². The van der Waals surface area contributed by atoms with Crippen LogP contribution in [0.5, 0.6) is 5.75 Å². The first kappa shape index (κ1) is 14.6. The summed E-state index contributed by atoms with van der Waals surface area (Å²) in [6, 6.07) is 13.7. The number of nitrogens with zero attached hydrogens (tertiary/aromatic N) is 1. The maximum Gasteiger partial charge on any atom is 0.325 e. The Bertz CT molecular complexity index is 790. The fraction of sp³-hybridized carbons (Fsp3) is 0.278. The Hall–Kier alpha value is -2.01. The van der Waals surface area contributed by atoms with E-state index >= 15 is 0 Å². The average molecular weight is 373 g/mol. The zero-order valence-electron chi connectivity index (χ0n) is 13.0. The van der Waals surface area contributed by atoms with Gasteiger partial charge in [0, 0.05) is 22.1 Å². The SMILES string of the molecule is Cc1ccc(N2C(=O)N[C@H]3C[C@@]2(C)Oc2ccc(Br)cc23)cc1. The Kier molecular flexibility index (Phi) is 3.17. The molecule has 2 atom stereocenters. The number of halogens is 1. The minimum absolute atomic E-state index is 0.0320. The number of rotatable bonds is 1. The van der Waals surface area contributed by atoms with Crippen LogP contribution < -0.4 is 15.0 Å². The van der Waals surface area contributed by atoms with Gasteiger partial charge < -0.3 is 10.1 Å². The molecule has 2 aliphatic rings. The van der Waals surface area contributed by atoms with E-state index < -0.39 is 5.72 Å². The van der Waals surface area contributed by atoms with Crippen molar-refractivity contribution in [3.63, 3.8) is 0 Å². The Balaban J connectivity index is 1.79. The lowest BCUT2D eigenvalue weighted by Gasteiger charge is -2.50. The third-order valence-electron chi connectivity index (χ3n) is 4.53. The van der Waals surface area contributed by atoms with Crippen molar-refractivity contribution in [2.24, 2.45) is 0 Å². The number of carbonyl (C=O) groups is 1. The van der Waals surface area contributed by atoms with E-state index in [1.807, 2.05) is 56.3 Å². The van der Waals surface area contributed by atoms with Crippen LogP contribution in [0.4, 0.5) is 10.5 Å². The summed E-state index contributed by atoms with van der Waals surface area (Å²) >= 11 is 3.49. The molecule has 2 bridgehead atoms. The van der Waals surface area contributed by atoms with E-state index in [0.717, 1.165) is 27.0 Å². The van der Waals surface area contributed by atoms with Gasteiger partial charge in [0.1, 0.15) is 5.75 Å². The number of ether oxygens (including phenoxy) is 1. The molecule has 2 aliphatic heterocycles. The van der Waals surface area contributed by atoms with Crippen LogP contribution in [-0.2, 0) is 0 Å². The first-order chi connectivity index (χ1) is 11.0. The third kappa shape index (κ3) is 2.30. The fourth-order valence-corrected chi connectivity index (χ4v) is 3.81. The van der Waals surface area contributed by atoms with E-state index in [4.69, 9.17) is 4.74 Å². The topological polar surface area (TPSA) is 41.6 Å². The second-order valence-electron chi connectivity index (χ2n) is 6.34. The summed E-state index contributed by atoms with van der Waals surface area (Å²) in [5, 5.41) is 3.11. The van der Waals surface area contributed by atoms with E-state index in [9.17, 15) is 4.79 Å². The molecular formula is C18H17BrN2O2. The van der Waals surface area contributed by atoms with Gasteiger partial charge >= 0.3 is 6.03 Å². The molecule has 0 radical (unpaired) electrons. The maximum absolute atomic E-state index is 12.7. The highest BCUT2D eigenvalue weighted by Gasteiger charge is 2.49. The number of carbonyl (C=O) groups excluding carboxylic acids is 1. The second-order valence-corrected chi connectivity index (χ2v) is 7.25. The van der Waals surface area contributed by atoms with Gasteiger partial charge in [-0.05, 0) is 44.2 Å². The molecule has 118 valence electrons. The Morgan fingerprint density at radius 1 is 1.26 bits per heavy atom. The number of urea groups is 1. The molecular weight excluding hydrogens is 356 g/mol. The minimum atomic E-state index is -0.691. The van der Waals surface area contributed by atoms with Crippen LogP contribution >= 0.6 is 15.9 Å². The van der Waals surface area contributed by atoms with Gasteiger partial charge in [-0.15, -0.1) is 0 Å². The zero-order chi connectivity index (χ0) is 16.2. The molecule has 0 spiro atoms. The van der Waals surface area contributed by atoms with Crippen LogP contribution in [0.3, 0.4) is 0 Å². The number of hydrogen-bond donors (Lipinski definition) is 1. The molecule has 2 heterocycles. The standard InChI is InChI=1S/C18H17BrN2O2/c1-11-3-6-13(7-4-11)21-17(22)20-15-10-18(21,2)23-16-8-5-12(19)9-14(15)16/h3-9,15H,10H2,1-2H3,(H,20,22)/t15-,18+/m0/s1. The molecule has 1 saturated heterocycles. The van der Waals surface area contributed by atoms with Gasteiger partial charge in [-0.2, -0.15) is 0 Å². The van der Waals surface area contributed by atoms with Crippen molar-refractivity contribution >= 4 is 27.6 Å². The number of aryl methyl sites for hydroxylation is 1. The number of benzene rings is 2. The van der Waals surface area contributed by atoms with Crippen molar-refractivity contribution in [1.29, 1.82) is 0 Å². The molecule has 4 rings (SSSR count). The van der Waals surface area contributed by atoms with Gasteiger partial charge in [0.05, 0.1) is 6.04 Å². The number of nitrogens with one attached hydrogen (secondary N) is 1. The second kappa shape index (κ2) is 4.99. The van der Waals surface area contributed by atoms with E-state index in [1.165, 1.54) is 0 Å². The molecule has 5 heteroatoms. The van der Waals surface area contributed by atoms with E-state index in [1.54, 1.807) is 4.90 Å². The van der Waals surface area contributed by atoms with E-state index in [2.05, 4.69) is 21.2 Å². The van der Waals surface area contributed by atoms with Gasteiger partial charge in [0.15, 0.2) is 5.72 Å².